The summed E-state index contributed by atoms with van der Waals surface area (Å²) >= 11 is 6.34. The third-order valence-electron chi connectivity index (χ3n) is 5.08. The van der Waals surface area contributed by atoms with E-state index in [0.29, 0.717) is 29.2 Å². The number of halogens is 1. The van der Waals surface area contributed by atoms with Gasteiger partial charge in [0.25, 0.3) is 5.91 Å². The second kappa shape index (κ2) is 11.9. The quantitative estimate of drug-likeness (QED) is 0.521. The minimum Gasteiger partial charge on any atom is -0.444 e. The van der Waals surface area contributed by atoms with Gasteiger partial charge in [0.1, 0.15) is 18.2 Å². The first-order chi connectivity index (χ1) is 15.9. The molecule has 0 aliphatic rings. The minimum absolute atomic E-state index is 0.296. The van der Waals surface area contributed by atoms with E-state index in [2.05, 4.69) is 10.6 Å². The lowest BCUT2D eigenvalue weighted by Gasteiger charge is -2.32. The molecule has 0 saturated heterocycles. The van der Waals surface area contributed by atoms with Gasteiger partial charge in [-0.25, -0.2) is 4.79 Å². The molecule has 0 saturated carbocycles. The van der Waals surface area contributed by atoms with E-state index < -0.39 is 23.6 Å². The predicted octanol–water partition coefficient (Wildman–Crippen LogP) is 5.40. The van der Waals surface area contributed by atoms with E-state index in [1.165, 1.54) is 4.90 Å². The van der Waals surface area contributed by atoms with Crippen molar-refractivity contribution in [1.82, 2.24) is 10.2 Å². The smallest absolute Gasteiger partial charge is 0.408 e. The summed E-state index contributed by atoms with van der Waals surface area (Å²) < 4.78 is 5.23. The van der Waals surface area contributed by atoms with Crippen molar-refractivity contribution >= 4 is 35.2 Å². The number of hydrogen-bond acceptors (Lipinski definition) is 4. The number of aryl methyl sites for hydroxylation is 2. The fourth-order valence-corrected chi connectivity index (χ4v) is 3.80. The number of benzene rings is 2. The molecule has 1 atom stereocenters. The maximum atomic E-state index is 13.6. The summed E-state index contributed by atoms with van der Waals surface area (Å²) in [5.74, 6) is -0.781. The maximum Gasteiger partial charge on any atom is 0.408 e. The largest absolute Gasteiger partial charge is 0.444 e. The van der Waals surface area contributed by atoms with Crippen LogP contribution in [0.1, 0.15) is 56.8 Å². The van der Waals surface area contributed by atoms with Crippen molar-refractivity contribution in [2.75, 3.05) is 18.4 Å². The summed E-state index contributed by atoms with van der Waals surface area (Å²) in [7, 11) is 0. The van der Waals surface area contributed by atoms with E-state index in [9.17, 15) is 14.4 Å². The molecule has 0 spiro atoms. The zero-order valence-electron chi connectivity index (χ0n) is 20.7. The second-order valence-electron chi connectivity index (χ2n) is 9.12. The molecular formula is C26H34ClN3O4. The zero-order chi connectivity index (χ0) is 25.5. The average molecular weight is 488 g/mol. The van der Waals surface area contributed by atoms with Crippen LogP contribution >= 0.6 is 11.6 Å². The van der Waals surface area contributed by atoms with Crippen molar-refractivity contribution in [3.05, 3.63) is 64.2 Å². The number of nitrogens with zero attached hydrogens (tertiary/aromatic N) is 1. The Kier molecular flexibility index (Phi) is 9.50. The molecule has 3 amide bonds. The highest BCUT2D eigenvalue weighted by Crippen LogP contribution is 2.30. The topological polar surface area (TPSA) is 87.7 Å². The number of hydrogen-bond donors (Lipinski definition) is 2. The van der Waals surface area contributed by atoms with Gasteiger partial charge < -0.3 is 20.3 Å². The average Bonchev–Trinajstić information content (AvgIpc) is 2.74. The lowest BCUT2D eigenvalue weighted by molar-refractivity contribution is -0.138. The molecule has 34 heavy (non-hydrogen) atoms. The Bertz CT molecular complexity index is 1010. The van der Waals surface area contributed by atoms with Gasteiger partial charge in [0.15, 0.2) is 0 Å². The van der Waals surface area contributed by atoms with Gasteiger partial charge in [0, 0.05) is 6.54 Å². The number of anilines is 1. The van der Waals surface area contributed by atoms with Gasteiger partial charge in [-0.05, 0) is 63.8 Å². The number of ether oxygens (including phenoxy) is 1. The van der Waals surface area contributed by atoms with Crippen LogP contribution in [0.2, 0.25) is 5.02 Å². The van der Waals surface area contributed by atoms with Crippen LogP contribution in [0.5, 0.6) is 0 Å². The zero-order valence-corrected chi connectivity index (χ0v) is 21.5. The summed E-state index contributed by atoms with van der Waals surface area (Å²) in [6.45, 7) is 10.9. The van der Waals surface area contributed by atoms with Crippen LogP contribution in [-0.2, 0) is 14.3 Å². The molecule has 0 aliphatic heterocycles. The lowest BCUT2D eigenvalue weighted by Crippen LogP contribution is -2.47. The number of nitrogens with one attached hydrogen (secondary N) is 2. The Morgan fingerprint density at radius 2 is 1.68 bits per heavy atom. The van der Waals surface area contributed by atoms with Crippen molar-refractivity contribution in [3.8, 4) is 0 Å². The Balaban J connectivity index is 2.38. The maximum absolute atomic E-state index is 13.6. The van der Waals surface area contributed by atoms with Gasteiger partial charge in [-0.2, -0.15) is 0 Å². The lowest BCUT2D eigenvalue weighted by atomic mass is 9.98. The van der Waals surface area contributed by atoms with Gasteiger partial charge in [-0.1, -0.05) is 54.9 Å². The number of carbonyl (C=O) groups is 3. The molecule has 0 aliphatic carbocycles. The molecular weight excluding hydrogens is 454 g/mol. The van der Waals surface area contributed by atoms with Crippen LogP contribution < -0.4 is 10.6 Å². The summed E-state index contributed by atoms with van der Waals surface area (Å²) in [4.78, 5) is 40.5. The van der Waals surface area contributed by atoms with Gasteiger partial charge >= 0.3 is 6.09 Å². The fraction of sp³-hybridized carbons (Fsp3) is 0.423. The van der Waals surface area contributed by atoms with Crippen molar-refractivity contribution < 1.29 is 19.1 Å². The molecule has 2 aromatic rings. The molecule has 1 unspecified atom stereocenters. The summed E-state index contributed by atoms with van der Waals surface area (Å²) in [6.07, 6.45) is -0.0697. The highest BCUT2D eigenvalue weighted by Gasteiger charge is 2.32. The van der Waals surface area contributed by atoms with Crippen LogP contribution in [-0.4, -0.2) is 41.5 Å². The van der Waals surface area contributed by atoms with Gasteiger partial charge in [0.05, 0.1) is 10.7 Å². The Morgan fingerprint density at radius 3 is 2.26 bits per heavy atom. The second-order valence-corrected chi connectivity index (χ2v) is 9.53. The van der Waals surface area contributed by atoms with Crippen molar-refractivity contribution in [3.63, 3.8) is 0 Å². The highest BCUT2D eigenvalue weighted by atomic mass is 35.5. The monoisotopic (exact) mass is 487 g/mol. The van der Waals surface area contributed by atoms with Gasteiger partial charge in [0.2, 0.25) is 5.91 Å². The third-order valence-corrected chi connectivity index (χ3v) is 5.40. The molecule has 7 nitrogen and oxygen atoms in total. The van der Waals surface area contributed by atoms with E-state index in [1.807, 2.05) is 51.1 Å². The summed E-state index contributed by atoms with van der Waals surface area (Å²) in [5, 5.41) is 5.83. The fourth-order valence-electron chi connectivity index (χ4n) is 3.53. The number of rotatable bonds is 8. The van der Waals surface area contributed by atoms with E-state index in [-0.39, 0.29) is 12.5 Å². The van der Waals surface area contributed by atoms with Crippen LogP contribution in [0.15, 0.2) is 42.5 Å². The van der Waals surface area contributed by atoms with Gasteiger partial charge in [-0.15, -0.1) is 0 Å². The molecule has 0 heterocycles. The first-order valence-corrected chi connectivity index (χ1v) is 11.7. The number of alkyl carbamates (subject to hydrolysis) is 1. The number of amides is 3. The third kappa shape index (κ3) is 7.48. The number of carbonyl (C=O) groups excluding carboxylic acids is 3. The van der Waals surface area contributed by atoms with Crippen molar-refractivity contribution in [2.24, 2.45) is 0 Å². The Morgan fingerprint density at radius 1 is 1.03 bits per heavy atom. The van der Waals surface area contributed by atoms with Crippen LogP contribution in [0.3, 0.4) is 0 Å². The molecule has 0 radical (unpaired) electrons. The van der Waals surface area contributed by atoms with Crippen molar-refractivity contribution in [1.29, 1.82) is 0 Å². The predicted molar refractivity (Wildman–Crippen MR) is 135 cm³/mol. The summed E-state index contributed by atoms with van der Waals surface area (Å²) in [6, 6.07) is 11.9. The molecule has 2 N–H and O–H groups in total. The summed E-state index contributed by atoms with van der Waals surface area (Å²) in [5.41, 5.74) is 2.19. The standard InChI is InChI=1S/C26H34ClN3O4/c1-7-15-30(21(31)16-28-25(33)34-26(4,5)6)23(19-13-9-8-11-17(19)2)24(32)29-22-18(3)12-10-14-20(22)27/h8-14,23H,7,15-16H2,1-6H3,(H,28,33)(H,29,32). The SMILES string of the molecule is CCCN(C(=O)CNC(=O)OC(C)(C)C)C(C(=O)Nc1c(C)cccc1Cl)c1ccccc1C. The highest BCUT2D eigenvalue weighted by molar-refractivity contribution is 6.34. The normalized spacial score (nSPS) is 12.0. The molecule has 0 bridgehead atoms. The van der Waals surface area contributed by atoms with Crippen molar-refractivity contribution in [2.45, 2.75) is 59.6 Å². The van der Waals surface area contributed by atoms with E-state index in [1.54, 1.807) is 32.9 Å². The first kappa shape index (κ1) is 27.2. The first-order valence-electron chi connectivity index (χ1n) is 11.3. The molecule has 0 aromatic heterocycles. The van der Waals surface area contributed by atoms with E-state index >= 15 is 0 Å². The van der Waals surface area contributed by atoms with Crippen LogP contribution in [0.25, 0.3) is 0 Å². The van der Waals surface area contributed by atoms with Crippen LogP contribution in [0.4, 0.5) is 10.5 Å². The Labute approximate surface area is 206 Å². The number of para-hydroxylation sites is 1. The Hall–Kier alpha value is -3.06. The molecule has 8 heteroatoms. The van der Waals surface area contributed by atoms with Crippen LogP contribution in [0, 0.1) is 13.8 Å². The van der Waals surface area contributed by atoms with Gasteiger partial charge in [-0.3, -0.25) is 9.59 Å². The molecule has 2 rings (SSSR count). The molecule has 0 fully saturated rings. The van der Waals surface area contributed by atoms with E-state index in [0.717, 1.165) is 11.1 Å². The minimum atomic E-state index is -0.912. The van der Waals surface area contributed by atoms with E-state index in [4.69, 9.17) is 16.3 Å². The molecule has 2 aromatic carbocycles. The molecule has 184 valence electrons.